The Morgan fingerprint density at radius 3 is 2.53 bits per heavy atom. The van der Waals surface area contributed by atoms with Crippen LogP contribution in [0.3, 0.4) is 0 Å². The summed E-state index contributed by atoms with van der Waals surface area (Å²) in [7, 11) is 0. The maximum absolute atomic E-state index is 13.0. The number of nitrogens with one attached hydrogen (secondary N) is 1. The van der Waals surface area contributed by atoms with E-state index < -0.39 is 17.5 Å². The Morgan fingerprint density at radius 1 is 1.29 bits per heavy atom. The largest absolute Gasteiger partial charge is 0.312 e. The molecule has 5 heteroatoms. The van der Waals surface area contributed by atoms with Crippen LogP contribution in [-0.2, 0) is 6.54 Å². The van der Waals surface area contributed by atoms with Crippen molar-refractivity contribution in [1.29, 1.82) is 0 Å². The molecule has 1 N–H and O–H groups in total. The van der Waals surface area contributed by atoms with Gasteiger partial charge in [-0.3, -0.25) is 4.90 Å². The van der Waals surface area contributed by atoms with Crippen molar-refractivity contribution in [1.82, 2.24) is 10.2 Å². The normalized spacial score (nSPS) is 21.8. The molecule has 1 aromatic rings. The van der Waals surface area contributed by atoms with Crippen LogP contribution in [0.4, 0.5) is 13.2 Å². The summed E-state index contributed by atoms with van der Waals surface area (Å²) in [5.74, 6) is -3.64. The molecule has 0 bridgehead atoms. The van der Waals surface area contributed by atoms with Crippen molar-refractivity contribution in [3.8, 4) is 0 Å². The topological polar surface area (TPSA) is 15.3 Å². The second kappa shape index (κ2) is 5.06. The third-order valence-corrected chi connectivity index (χ3v) is 2.90. The molecule has 1 aromatic carbocycles. The van der Waals surface area contributed by atoms with Crippen molar-refractivity contribution >= 4 is 0 Å². The zero-order valence-electron chi connectivity index (χ0n) is 9.64. The molecule has 0 saturated carbocycles. The summed E-state index contributed by atoms with van der Waals surface area (Å²) < 4.78 is 38.8. The Hall–Kier alpha value is -1.07. The first-order valence-corrected chi connectivity index (χ1v) is 5.65. The number of rotatable bonds is 2. The highest BCUT2D eigenvalue weighted by molar-refractivity contribution is 5.19. The van der Waals surface area contributed by atoms with Gasteiger partial charge < -0.3 is 5.32 Å². The molecule has 1 saturated heterocycles. The molecule has 1 heterocycles. The van der Waals surface area contributed by atoms with Crippen molar-refractivity contribution in [3.63, 3.8) is 0 Å². The van der Waals surface area contributed by atoms with E-state index in [1.165, 1.54) is 0 Å². The van der Waals surface area contributed by atoms with Gasteiger partial charge in [-0.25, -0.2) is 13.2 Å². The van der Waals surface area contributed by atoms with Gasteiger partial charge >= 0.3 is 0 Å². The lowest BCUT2D eigenvalue weighted by Gasteiger charge is -2.31. The SMILES string of the molecule is C[C@H]1CN(Cc2cc(F)c(F)c(F)c2)CCN1. The van der Waals surface area contributed by atoms with E-state index >= 15 is 0 Å². The third-order valence-electron chi connectivity index (χ3n) is 2.90. The van der Waals surface area contributed by atoms with Crippen LogP contribution in [0, 0.1) is 17.5 Å². The van der Waals surface area contributed by atoms with Crippen LogP contribution >= 0.6 is 0 Å². The van der Waals surface area contributed by atoms with Crippen LogP contribution in [-0.4, -0.2) is 30.6 Å². The number of nitrogens with zero attached hydrogens (tertiary/aromatic N) is 1. The van der Waals surface area contributed by atoms with Crippen LogP contribution in [0.1, 0.15) is 12.5 Å². The number of hydrogen-bond acceptors (Lipinski definition) is 2. The number of benzene rings is 1. The molecule has 1 atom stereocenters. The number of halogens is 3. The summed E-state index contributed by atoms with van der Waals surface area (Å²) in [5, 5.41) is 3.28. The monoisotopic (exact) mass is 244 g/mol. The maximum atomic E-state index is 13.0. The standard InChI is InChI=1S/C12H15F3N2/c1-8-6-17(3-2-16-8)7-9-4-10(13)12(15)11(14)5-9/h4-5,8,16H,2-3,6-7H2,1H3/t8-/m0/s1. The second-order valence-corrected chi connectivity index (χ2v) is 4.46. The summed E-state index contributed by atoms with van der Waals surface area (Å²) in [6.45, 7) is 5.00. The van der Waals surface area contributed by atoms with Gasteiger partial charge in [-0.1, -0.05) is 0 Å². The molecular weight excluding hydrogens is 229 g/mol. The summed E-state index contributed by atoms with van der Waals surface area (Å²) in [4.78, 5) is 2.09. The lowest BCUT2D eigenvalue weighted by atomic mass is 10.1. The van der Waals surface area contributed by atoms with E-state index in [4.69, 9.17) is 0 Å². The Bertz CT molecular complexity index is 386. The van der Waals surface area contributed by atoms with Crippen LogP contribution in [0.25, 0.3) is 0 Å². The molecule has 2 rings (SSSR count). The maximum Gasteiger partial charge on any atom is 0.194 e. The number of hydrogen-bond donors (Lipinski definition) is 1. The minimum Gasteiger partial charge on any atom is -0.312 e. The van der Waals surface area contributed by atoms with Gasteiger partial charge in [0.05, 0.1) is 0 Å². The van der Waals surface area contributed by atoms with E-state index in [0.29, 0.717) is 18.2 Å². The molecule has 17 heavy (non-hydrogen) atoms. The zero-order chi connectivity index (χ0) is 12.4. The second-order valence-electron chi connectivity index (χ2n) is 4.46. The van der Waals surface area contributed by atoms with Crippen LogP contribution in [0.5, 0.6) is 0 Å². The molecule has 0 amide bonds. The smallest absolute Gasteiger partial charge is 0.194 e. The Morgan fingerprint density at radius 2 is 1.94 bits per heavy atom. The lowest BCUT2D eigenvalue weighted by molar-refractivity contribution is 0.199. The summed E-state index contributed by atoms with van der Waals surface area (Å²) >= 11 is 0. The highest BCUT2D eigenvalue weighted by Crippen LogP contribution is 2.15. The average Bonchev–Trinajstić information content (AvgIpc) is 2.26. The molecule has 0 aromatic heterocycles. The van der Waals surface area contributed by atoms with Gasteiger partial charge in [-0.2, -0.15) is 0 Å². The van der Waals surface area contributed by atoms with Crippen molar-refractivity contribution in [2.24, 2.45) is 0 Å². The van der Waals surface area contributed by atoms with Crippen molar-refractivity contribution in [2.75, 3.05) is 19.6 Å². The molecule has 94 valence electrons. The third kappa shape index (κ3) is 2.98. The number of piperazine rings is 1. The van der Waals surface area contributed by atoms with E-state index in [1.54, 1.807) is 0 Å². The van der Waals surface area contributed by atoms with Crippen LogP contribution in [0.15, 0.2) is 12.1 Å². The molecule has 0 aliphatic carbocycles. The van der Waals surface area contributed by atoms with Crippen LogP contribution < -0.4 is 5.32 Å². The fourth-order valence-electron chi connectivity index (χ4n) is 2.11. The lowest BCUT2D eigenvalue weighted by Crippen LogP contribution is -2.48. The van der Waals surface area contributed by atoms with Crippen molar-refractivity contribution < 1.29 is 13.2 Å². The molecule has 1 aliphatic rings. The first-order valence-electron chi connectivity index (χ1n) is 5.65. The summed E-state index contributed by atoms with van der Waals surface area (Å²) in [6.07, 6.45) is 0. The van der Waals surface area contributed by atoms with Crippen molar-refractivity contribution in [3.05, 3.63) is 35.1 Å². The summed E-state index contributed by atoms with van der Waals surface area (Å²) in [6, 6.07) is 2.48. The highest BCUT2D eigenvalue weighted by atomic mass is 19.2. The van der Waals surface area contributed by atoms with E-state index in [9.17, 15) is 13.2 Å². The highest BCUT2D eigenvalue weighted by Gasteiger charge is 2.17. The van der Waals surface area contributed by atoms with E-state index in [-0.39, 0.29) is 0 Å². The molecule has 1 aliphatic heterocycles. The van der Waals surface area contributed by atoms with Gasteiger partial charge in [0.2, 0.25) is 0 Å². The summed E-state index contributed by atoms with van der Waals surface area (Å²) in [5.41, 5.74) is 0.468. The van der Waals surface area contributed by atoms with Crippen LogP contribution in [0.2, 0.25) is 0 Å². The molecule has 2 nitrogen and oxygen atoms in total. The average molecular weight is 244 g/mol. The first-order chi connectivity index (χ1) is 8.06. The van der Waals surface area contributed by atoms with Gasteiger partial charge in [0.15, 0.2) is 17.5 Å². The Balaban J connectivity index is 2.08. The predicted octanol–water partition coefficient (Wildman–Crippen LogP) is 1.90. The predicted molar refractivity (Wildman–Crippen MR) is 59.1 cm³/mol. The van der Waals surface area contributed by atoms with Gasteiger partial charge in [0, 0.05) is 32.2 Å². The first kappa shape index (κ1) is 12.4. The minimum absolute atomic E-state index is 0.360. The van der Waals surface area contributed by atoms with Gasteiger partial charge in [0.1, 0.15) is 0 Å². The molecule has 0 radical (unpaired) electrons. The van der Waals surface area contributed by atoms with Gasteiger partial charge in [0.25, 0.3) is 0 Å². The van der Waals surface area contributed by atoms with Gasteiger partial charge in [-0.05, 0) is 24.6 Å². The zero-order valence-corrected chi connectivity index (χ0v) is 9.64. The van der Waals surface area contributed by atoms with Crippen molar-refractivity contribution in [2.45, 2.75) is 19.5 Å². The fraction of sp³-hybridized carbons (Fsp3) is 0.500. The van der Waals surface area contributed by atoms with Gasteiger partial charge in [-0.15, -0.1) is 0 Å². The quantitative estimate of drug-likeness (QED) is 0.799. The molecule has 0 unspecified atom stereocenters. The Kier molecular flexibility index (Phi) is 3.69. The van der Waals surface area contributed by atoms with E-state index in [1.807, 2.05) is 0 Å². The molecular formula is C12H15F3N2. The molecule has 0 spiro atoms. The fourth-order valence-corrected chi connectivity index (χ4v) is 2.11. The van der Waals surface area contributed by atoms with E-state index in [2.05, 4.69) is 17.1 Å². The minimum atomic E-state index is -1.40. The van der Waals surface area contributed by atoms with E-state index in [0.717, 1.165) is 31.8 Å². The Labute approximate surface area is 98.4 Å². The molecule has 1 fully saturated rings.